The van der Waals surface area contributed by atoms with Crippen LogP contribution >= 0.6 is 0 Å². The highest BCUT2D eigenvalue weighted by atomic mass is 16.6. The van der Waals surface area contributed by atoms with Crippen molar-refractivity contribution < 1.29 is 14.6 Å². The SMILES string of the molecule is C[C@@H]1[C@@H](CO)OC(=O)C1(C)C. The molecule has 1 aliphatic heterocycles. The predicted octanol–water partition coefficient (Wildman–Crippen LogP) is 0.566. The molecule has 0 aromatic rings. The number of cyclic esters (lactones) is 1. The Kier molecular flexibility index (Phi) is 1.92. The van der Waals surface area contributed by atoms with Crippen LogP contribution in [0.4, 0.5) is 0 Å². The molecule has 0 saturated carbocycles. The van der Waals surface area contributed by atoms with Crippen LogP contribution in [-0.4, -0.2) is 23.8 Å². The molecule has 0 aromatic heterocycles. The number of hydrogen-bond acceptors (Lipinski definition) is 3. The summed E-state index contributed by atoms with van der Waals surface area (Å²) in [5.41, 5.74) is -0.437. The van der Waals surface area contributed by atoms with E-state index < -0.39 is 5.41 Å². The molecule has 0 aromatic carbocycles. The first-order valence-corrected chi connectivity index (χ1v) is 3.82. The lowest BCUT2D eigenvalue weighted by Gasteiger charge is -2.19. The Bertz CT molecular complexity index is 174. The molecular weight excluding hydrogens is 144 g/mol. The van der Waals surface area contributed by atoms with Gasteiger partial charge >= 0.3 is 5.97 Å². The van der Waals surface area contributed by atoms with E-state index in [2.05, 4.69) is 0 Å². The van der Waals surface area contributed by atoms with Crippen LogP contribution in [0.15, 0.2) is 0 Å². The number of esters is 1. The second-order valence-corrected chi connectivity index (χ2v) is 3.64. The average molecular weight is 158 g/mol. The van der Waals surface area contributed by atoms with Crippen molar-refractivity contribution in [3.05, 3.63) is 0 Å². The normalized spacial score (nSPS) is 35.5. The zero-order valence-corrected chi connectivity index (χ0v) is 7.13. The minimum absolute atomic E-state index is 0.0731. The Morgan fingerprint density at radius 2 is 2.18 bits per heavy atom. The van der Waals surface area contributed by atoms with E-state index in [9.17, 15) is 4.79 Å². The van der Waals surface area contributed by atoms with Crippen LogP contribution in [0.1, 0.15) is 20.8 Å². The molecule has 0 bridgehead atoms. The fourth-order valence-electron chi connectivity index (χ4n) is 1.24. The molecule has 64 valence electrons. The van der Waals surface area contributed by atoms with Crippen molar-refractivity contribution in [1.82, 2.24) is 0 Å². The first-order valence-electron chi connectivity index (χ1n) is 3.82. The Balaban J connectivity index is 2.80. The molecule has 1 aliphatic rings. The Labute approximate surface area is 66.4 Å². The minimum Gasteiger partial charge on any atom is -0.459 e. The van der Waals surface area contributed by atoms with Crippen LogP contribution < -0.4 is 0 Å². The van der Waals surface area contributed by atoms with E-state index in [-0.39, 0.29) is 24.6 Å². The van der Waals surface area contributed by atoms with Crippen LogP contribution in [-0.2, 0) is 9.53 Å². The van der Waals surface area contributed by atoms with E-state index in [1.54, 1.807) is 0 Å². The number of ether oxygens (including phenoxy) is 1. The Morgan fingerprint density at radius 3 is 2.36 bits per heavy atom. The van der Waals surface area contributed by atoms with Crippen molar-refractivity contribution >= 4 is 5.97 Å². The van der Waals surface area contributed by atoms with Gasteiger partial charge in [0.2, 0.25) is 0 Å². The predicted molar refractivity (Wildman–Crippen MR) is 39.9 cm³/mol. The van der Waals surface area contributed by atoms with Gasteiger partial charge in [-0.25, -0.2) is 0 Å². The monoisotopic (exact) mass is 158 g/mol. The van der Waals surface area contributed by atoms with Gasteiger partial charge in [0.1, 0.15) is 6.10 Å². The maximum atomic E-state index is 11.1. The standard InChI is InChI=1S/C8H14O3/c1-5-6(4-9)11-7(10)8(5,2)3/h5-6,9H,4H2,1-3H3/t5-,6-/m1/s1. The summed E-state index contributed by atoms with van der Waals surface area (Å²) in [6.45, 7) is 5.54. The van der Waals surface area contributed by atoms with Crippen LogP contribution in [0.3, 0.4) is 0 Å². The highest BCUT2D eigenvalue weighted by Gasteiger charge is 2.47. The topological polar surface area (TPSA) is 46.5 Å². The summed E-state index contributed by atoms with van der Waals surface area (Å²) in [6, 6.07) is 0. The molecule has 1 rings (SSSR count). The molecular formula is C8H14O3. The quantitative estimate of drug-likeness (QED) is 0.567. The second kappa shape index (κ2) is 2.48. The molecule has 3 nitrogen and oxygen atoms in total. The molecule has 0 radical (unpaired) electrons. The molecule has 1 heterocycles. The van der Waals surface area contributed by atoms with E-state index in [0.717, 1.165) is 0 Å². The number of hydrogen-bond donors (Lipinski definition) is 1. The van der Waals surface area contributed by atoms with Gasteiger partial charge in [-0.2, -0.15) is 0 Å². The van der Waals surface area contributed by atoms with Gasteiger partial charge in [0, 0.05) is 5.92 Å². The number of aliphatic hydroxyl groups is 1. The smallest absolute Gasteiger partial charge is 0.312 e. The first-order chi connectivity index (χ1) is 5.00. The summed E-state index contributed by atoms with van der Waals surface area (Å²) in [5, 5.41) is 8.81. The lowest BCUT2D eigenvalue weighted by Crippen LogP contribution is -2.27. The molecule has 1 N–H and O–H groups in total. The third-order valence-electron chi connectivity index (χ3n) is 2.66. The van der Waals surface area contributed by atoms with Gasteiger partial charge < -0.3 is 9.84 Å². The third-order valence-corrected chi connectivity index (χ3v) is 2.66. The maximum absolute atomic E-state index is 11.1. The molecule has 1 saturated heterocycles. The van der Waals surface area contributed by atoms with Crippen LogP contribution in [0, 0.1) is 11.3 Å². The minimum atomic E-state index is -0.437. The fraction of sp³-hybridized carbons (Fsp3) is 0.875. The largest absolute Gasteiger partial charge is 0.459 e. The number of carbonyl (C=O) groups is 1. The second-order valence-electron chi connectivity index (χ2n) is 3.64. The van der Waals surface area contributed by atoms with Crippen molar-refractivity contribution in [2.45, 2.75) is 26.9 Å². The van der Waals surface area contributed by atoms with Crippen molar-refractivity contribution in [2.75, 3.05) is 6.61 Å². The van der Waals surface area contributed by atoms with Crippen molar-refractivity contribution in [1.29, 1.82) is 0 Å². The summed E-state index contributed by atoms with van der Waals surface area (Å²) < 4.78 is 4.95. The molecule has 0 spiro atoms. The van der Waals surface area contributed by atoms with Crippen molar-refractivity contribution in [2.24, 2.45) is 11.3 Å². The molecule has 0 amide bonds. The summed E-state index contributed by atoms with van der Waals surface area (Å²) >= 11 is 0. The number of carbonyl (C=O) groups excluding carboxylic acids is 1. The zero-order chi connectivity index (χ0) is 8.65. The lowest BCUT2D eigenvalue weighted by atomic mass is 9.80. The number of aliphatic hydroxyl groups excluding tert-OH is 1. The lowest BCUT2D eigenvalue weighted by molar-refractivity contribution is -0.148. The average Bonchev–Trinajstić information content (AvgIpc) is 2.14. The summed E-state index contributed by atoms with van der Waals surface area (Å²) in [4.78, 5) is 11.1. The molecule has 1 fully saturated rings. The van der Waals surface area contributed by atoms with Gasteiger partial charge in [-0.05, 0) is 13.8 Å². The number of rotatable bonds is 1. The van der Waals surface area contributed by atoms with E-state index in [4.69, 9.17) is 9.84 Å². The van der Waals surface area contributed by atoms with E-state index in [1.807, 2.05) is 20.8 Å². The van der Waals surface area contributed by atoms with Gasteiger partial charge in [-0.1, -0.05) is 6.92 Å². The van der Waals surface area contributed by atoms with Crippen molar-refractivity contribution in [3.63, 3.8) is 0 Å². The van der Waals surface area contributed by atoms with Gasteiger partial charge in [-0.15, -0.1) is 0 Å². The fourth-order valence-corrected chi connectivity index (χ4v) is 1.24. The Morgan fingerprint density at radius 1 is 1.64 bits per heavy atom. The van der Waals surface area contributed by atoms with Crippen LogP contribution in [0.2, 0.25) is 0 Å². The summed E-state index contributed by atoms with van der Waals surface area (Å²) in [5.74, 6) is -0.107. The molecule has 11 heavy (non-hydrogen) atoms. The van der Waals surface area contributed by atoms with E-state index in [0.29, 0.717) is 0 Å². The maximum Gasteiger partial charge on any atom is 0.312 e. The van der Waals surface area contributed by atoms with Crippen LogP contribution in [0.25, 0.3) is 0 Å². The van der Waals surface area contributed by atoms with E-state index in [1.165, 1.54) is 0 Å². The first kappa shape index (κ1) is 8.53. The molecule has 0 aliphatic carbocycles. The molecule has 3 heteroatoms. The van der Waals surface area contributed by atoms with Gasteiger partial charge in [-0.3, -0.25) is 4.79 Å². The Hall–Kier alpha value is -0.570. The van der Waals surface area contributed by atoms with E-state index >= 15 is 0 Å². The highest BCUT2D eigenvalue weighted by Crippen LogP contribution is 2.38. The van der Waals surface area contributed by atoms with Gasteiger partial charge in [0.15, 0.2) is 0 Å². The van der Waals surface area contributed by atoms with Gasteiger partial charge in [0.05, 0.1) is 12.0 Å². The molecule has 0 unspecified atom stereocenters. The summed E-state index contributed by atoms with van der Waals surface area (Å²) in [7, 11) is 0. The highest BCUT2D eigenvalue weighted by molar-refractivity contribution is 5.78. The third kappa shape index (κ3) is 1.13. The van der Waals surface area contributed by atoms with Crippen LogP contribution in [0.5, 0.6) is 0 Å². The van der Waals surface area contributed by atoms with Gasteiger partial charge in [0.25, 0.3) is 0 Å². The summed E-state index contributed by atoms with van der Waals surface area (Å²) in [6.07, 6.45) is -0.308. The zero-order valence-electron chi connectivity index (χ0n) is 7.13. The molecule has 2 atom stereocenters. The van der Waals surface area contributed by atoms with Crippen molar-refractivity contribution in [3.8, 4) is 0 Å².